The molecule has 1 aliphatic heterocycles. The molecule has 1 spiro atoms. The van der Waals surface area contributed by atoms with Gasteiger partial charge in [0.05, 0.1) is 20.1 Å². The summed E-state index contributed by atoms with van der Waals surface area (Å²) in [5.74, 6) is 0.709. The van der Waals surface area contributed by atoms with Gasteiger partial charge in [-0.15, -0.1) is 0 Å². The molecule has 1 saturated carbocycles. The molecule has 3 rings (SSSR count). The van der Waals surface area contributed by atoms with E-state index in [0.29, 0.717) is 13.1 Å². The van der Waals surface area contributed by atoms with Crippen molar-refractivity contribution in [3.63, 3.8) is 0 Å². The number of piperidine rings is 1. The first-order valence-corrected chi connectivity index (χ1v) is 8.70. The van der Waals surface area contributed by atoms with Crippen molar-refractivity contribution in [1.29, 1.82) is 0 Å². The molecule has 1 aromatic carbocycles. The van der Waals surface area contributed by atoms with Crippen molar-refractivity contribution in [2.45, 2.75) is 33.1 Å². The number of urea groups is 1. The van der Waals surface area contributed by atoms with E-state index in [1.54, 1.807) is 7.11 Å². The molecule has 2 fully saturated rings. The first-order valence-electron chi connectivity index (χ1n) is 8.70. The Morgan fingerprint density at radius 2 is 1.88 bits per heavy atom. The monoisotopic (exact) mass is 346 g/mol. The van der Waals surface area contributed by atoms with E-state index in [-0.39, 0.29) is 23.3 Å². The standard InChI is InChI=1S/C19H26N2O4/c1-12-5-6-15(13(2)16(12)24-3)20-18(23)21-9-7-19(8-10-21)11-14(19)17(22)25-4/h5-6,14H,7-11H2,1-4H3,(H,20,23)/t14-/m1/s1. The average Bonchev–Trinajstić information content (AvgIpc) is 3.31. The third-order valence-electron chi connectivity index (χ3n) is 5.77. The highest BCUT2D eigenvalue weighted by Gasteiger charge is 2.59. The molecule has 1 atom stereocenters. The fraction of sp³-hybridized carbons (Fsp3) is 0.579. The van der Waals surface area contributed by atoms with Crippen molar-refractivity contribution >= 4 is 17.7 Å². The van der Waals surface area contributed by atoms with Crippen LogP contribution in [0.15, 0.2) is 12.1 Å². The van der Waals surface area contributed by atoms with Crippen LogP contribution in [0.1, 0.15) is 30.4 Å². The van der Waals surface area contributed by atoms with Gasteiger partial charge in [-0.2, -0.15) is 0 Å². The summed E-state index contributed by atoms with van der Waals surface area (Å²) in [4.78, 5) is 26.1. The number of likely N-dealkylation sites (tertiary alicyclic amines) is 1. The van der Waals surface area contributed by atoms with Crippen LogP contribution >= 0.6 is 0 Å². The molecular weight excluding hydrogens is 320 g/mol. The Labute approximate surface area is 148 Å². The number of carbonyl (C=O) groups excluding carboxylic acids is 2. The van der Waals surface area contributed by atoms with Gasteiger partial charge in [0, 0.05) is 24.3 Å². The number of aryl methyl sites for hydroxylation is 1. The van der Waals surface area contributed by atoms with E-state index >= 15 is 0 Å². The maximum Gasteiger partial charge on any atom is 0.321 e. The molecule has 2 amide bonds. The summed E-state index contributed by atoms with van der Waals surface area (Å²) in [6.07, 6.45) is 2.61. The molecule has 0 bridgehead atoms. The number of nitrogens with one attached hydrogen (secondary N) is 1. The lowest BCUT2D eigenvalue weighted by Gasteiger charge is -2.33. The number of methoxy groups -OCH3 is 2. The summed E-state index contributed by atoms with van der Waals surface area (Å²) in [5, 5.41) is 2.99. The van der Waals surface area contributed by atoms with Crippen molar-refractivity contribution in [1.82, 2.24) is 4.90 Å². The summed E-state index contributed by atoms with van der Waals surface area (Å²) in [5.41, 5.74) is 2.80. The molecule has 2 aliphatic rings. The zero-order valence-electron chi connectivity index (χ0n) is 15.3. The van der Waals surface area contributed by atoms with E-state index in [2.05, 4.69) is 5.32 Å². The molecule has 0 unspecified atom stereocenters. The van der Waals surface area contributed by atoms with Gasteiger partial charge in [0.1, 0.15) is 5.75 Å². The number of ether oxygens (including phenoxy) is 2. The molecule has 1 aromatic rings. The molecule has 0 aromatic heterocycles. The molecule has 0 radical (unpaired) electrons. The third-order valence-corrected chi connectivity index (χ3v) is 5.77. The lowest BCUT2D eigenvalue weighted by Crippen LogP contribution is -2.42. The van der Waals surface area contributed by atoms with Crippen LogP contribution in [-0.2, 0) is 9.53 Å². The summed E-state index contributed by atoms with van der Waals surface area (Å²) in [7, 11) is 3.08. The van der Waals surface area contributed by atoms with Gasteiger partial charge < -0.3 is 19.7 Å². The molecule has 1 heterocycles. The van der Waals surface area contributed by atoms with Crippen LogP contribution in [0, 0.1) is 25.2 Å². The normalized spacial score (nSPS) is 21.0. The predicted molar refractivity (Wildman–Crippen MR) is 94.8 cm³/mol. The maximum atomic E-state index is 12.6. The Morgan fingerprint density at radius 3 is 2.48 bits per heavy atom. The summed E-state index contributed by atoms with van der Waals surface area (Å²) in [6, 6.07) is 3.75. The minimum Gasteiger partial charge on any atom is -0.496 e. The van der Waals surface area contributed by atoms with Crippen LogP contribution in [-0.4, -0.2) is 44.2 Å². The molecule has 6 heteroatoms. The number of rotatable bonds is 3. The molecule has 1 N–H and O–H groups in total. The van der Waals surface area contributed by atoms with E-state index in [4.69, 9.17) is 9.47 Å². The molecule has 25 heavy (non-hydrogen) atoms. The number of esters is 1. The molecule has 1 aliphatic carbocycles. The summed E-state index contributed by atoms with van der Waals surface area (Å²) in [6.45, 7) is 5.26. The van der Waals surface area contributed by atoms with Gasteiger partial charge >= 0.3 is 12.0 Å². The Balaban J connectivity index is 1.60. The highest BCUT2D eigenvalue weighted by Crippen LogP contribution is 2.59. The average molecular weight is 346 g/mol. The summed E-state index contributed by atoms with van der Waals surface area (Å²) < 4.78 is 10.3. The fourth-order valence-electron chi connectivity index (χ4n) is 4.00. The van der Waals surface area contributed by atoms with E-state index in [9.17, 15) is 9.59 Å². The van der Waals surface area contributed by atoms with E-state index in [0.717, 1.165) is 41.8 Å². The van der Waals surface area contributed by atoms with E-state index in [1.165, 1.54) is 7.11 Å². The second-order valence-electron chi connectivity index (χ2n) is 7.15. The van der Waals surface area contributed by atoms with Gasteiger partial charge in [0.15, 0.2) is 0 Å². The van der Waals surface area contributed by atoms with Crippen molar-refractivity contribution in [3.05, 3.63) is 23.3 Å². The number of nitrogens with zero attached hydrogens (tertiary/aromatic N) is 1. The minimum atomic E-state index is -0.111. The lowest BCUT2D eigenvalue weighted by atomic mass is 9.91. The second kappa shape index (κ2) is 6.58. The Hall–Kier alpha value is -2.24. The number of carbonyl (C=O) groups is 2. The first-order chi connectivity index (χ1) is 11.9. The van der Waals surface area contributed by atoms with Crippen molar-refractivity contribution in [2.24, 2.45) is 11.3 Å². The zero-order chi connectivity index (χ0) is 18.2. The maximum absolute atomic E-state index is 12.6. The number of benzene rings is 1. The van der Waals surface area contributed by atoms with Gasteiger partial charge in [-0.1, -0.05) is 6.07 Å². The topological polar surface area (TPSA) is 67.9 Å². The van der Waals surface area contributed by atoms with Crippen molar-refractivity contribution in [3.8, 4) is 5.75 Å². The molecular formula is C19H26N2O4. The number of hydrogen-bond donors (Lipinski definition) is 1. The van der Waals surface area contributed by atoms with Crippen LogP contribution in [0.2, 0.25) is 0 Å². The van der Waals surface area contributed by atoms with Gasteiger partial charge in [-0.25, -0.2) is 4.79 Å². The highest BCUT2D eigenvalue weighted by molar-refractivity contribution is 5.91. The fourth-order valence-corrected chi connectivity index (χ4v) is 4.00. The predicted octanol–water partition coefficient (Wildman–Crippen LogP) is 3.12. The first kappa shape index (κ1) is 17.6. The van der Waals surface area contributed by atoms with Crippen LogP contribution in [0.25, 0.3) is 0 Å². The van der Waals surface area contributed by atoms with Crippen LogP contribution in [0.4, 0.5) is 10.5 Å². The van der Waals surface area contributed by atoms with Gasteiger partial charge in [-0.3, -0.25) is 4.79 Å². The Bertz CT molecular complexity index is 693. The molecule has 136 valence electrons. The third kappa shape index (κ3) is 3.17. The van der Waals surface area contributed by atoms with Crippen LogP contribution in [0.3, 0.4) is 0 Å². The Morgan fingerprint density at radius 1 is 1.20 bits per heavy atom. The van der Waals surface area contributed by atoms with Gasteiger partial charge in [-0.05, 0) is 50.2 Å². The largest absolute Gasteiger partial charge is 0.496 e. The SMILES string of the molecule is COC(=O)[C@H]1CC12CCN(C(=O)Nc1ccc(C)c(OC)c1C)CC2. The lowest BCUT2D eigenvalue weighted by molar-refractivity contribution is -0.143. The minimum absolute atomic E-state index is 0.0197. The van der Waals surface area contributed by atoms with Crippen molar-refractivity contribution in [2.75, 3.05) is 32.6 Å². The zero-order valence-corrected chi connectivity index (χ0v) is 15.3. The quantitative estimate of drug-likeness (QED) is 0.854. The highest BCUT2D eigenvalue weighted by atomic mass is 16.5. The van der Waals surface area contributed by atoms with Gasteiger partial charge in [0.25, 0.3) is 0 Å². The number of anilines is 1. The molecule has 6 nitrogen and oxygen atoms in total. The smallest absolute Gasteiger partial charge is 0.321 e. The van der Waals surface area contributed by atoms with Crippen LogP contribution < -0.4 is 10.1 Å². The molecule has 1 saturated heterocycles. The Kier molecular flexibility index (Phi) is 4.62. The number of hydrogen-bond acceptors (Lipinski definition) is 4. The van der Waals surface area contributed by atoms with E-state index < -0.39 is 0 Å². The van der Waals surface area contributed by atoms with Gasteiger partial charge in [0.2, 0.25) is 0 Å². The van der Waals surface area contributed by atoms with Crippen LogP contribution in [0.5, 0.6) is 5.75 Å². The number of amides is 2. The van der Waals surface area contributed by atoms with Crippen molar-refractivity contribution < 1.29 is 19.1 Å². The summed E-state index contributed by atoms with van der Waals surface area (Å²) >= 11 is 0. The van der Waals surface area contributed by atoms with E-state index in [1.807, 2.05) is 30.9 Å². The second-order valence-corrected chi connectivity index (χ2v) is 7.15.